The van der Waals surface area contributed by atoms with Crippen molar-refractivity contribution in [1.29, 1.82) is 0 Å². The van der Waals surface area contributed by atoms with Gasteiger partial charge in [0.15, 0.2) is 8.32 Å². The highest BCUT2D eigenvalue weighted by atomic mass is 32.2. The molecule has 1 fully saturated rings. The van der Waals surface area contributed by atoms with Crippen molar-refractivity contribution in [2.45, 2.75) is 143 Å². The molecule has 1 amide bonds. The summed E-state index contributed by atoms with van der Waals surface area (Å²) in [5, 5.41) is 5.52. The summed E-state index contributed by atoms with van der Waals surface area (Å²) < 4.78 is 55.6. The summed E-state index contributed by atoms with van der Waals surface area (Å²) in [6, 6.07) is 15.0. The van der Waals surface area contributed by atoms with Crippen molar-refractivity contribution in [3.05, 3.63) is 53.7 Å². The molecule has 1 N–H and O–H groups in total. The average molecular weight is 845 g/mol. The van der Waals surface area contributed by atoms with Crippen LogP contribution in [0.15, 0.2) is 42.5 Å². The minimum absolute atomic E-state index is 0.0820. The first-order valence-corrected chi connectivity index (χ1v) is 23.8. The number of benzene rings is 2. The van der Waals surface area contributed by atoms with Crippen LogP contribution in [-0.4, -0.2) is 93.0 Å². The molecule has 322 valence electrons. The van der Waals surface area contributed by atoms with Crippen LogP contribution >= 0.6 is 0 Å². The van der Waals surface area contributed by atoms with Gasteiger partial charge < -0.3 is 28.3 Å². The highest BCUT2D eigenvalue weighted by molar-refractivity contribution is 7.80. The molecule has 0 saturated heterocycles. The van der Waals surface area contributed by atoms with E-state index >= 15 is 0 Å². The van der Waals surface area contributed by atoms with Crippen LogP contribution in [0.5, 0.6) is 5.75 Å². The van der Waals surface area contributed by atoms with Crippen molar-refractivity contribution in [2.75, 3.05) is 30.5 Å². The maximum Gasteiger partial charge on any atom is 0.435 e. The van der Waals surface area contributed by atoms with Gasteiger partial charge in [-0.15, -0.1) is 0 Å². The number of fused-ring (bicyclic) bond motifs is 1. The second-order valence-corrected chi connectivity index (χ2v) is 23.4. The highest BCUT2D eigenvalue weighted by Crippen LogP contribution is 2.43. The molecule has 1 aromatic heterocycles. The minimum atomic E-state index is -2.55. The fraction of sp³-hybridized carbons (Fsp3) is 0.619. The third-order valence-corrected chi connectivity index (χ3v) is 15.0. The Morgan fingerprint density at radius 1 is 0.897 bits per heavy atom. The number of aromatic nitrogens is 2. The molecule has 2 aromatic carbocycles. The number of anilines is 1. The predicted molar refractivity (Wildman–Crippen MR) is 228 cm³/mol. The first-order valence-electron chi connectivity index (χ1n) is 20.2. The zero-order valence-electron chi connectivity index (χ0n) is 36.4. The van der Waals surface area contributed by atoms with E-state index in [0.717, 1.165) is 46.4 Å². The highest BCUT2D eigenvalue weighted by Gasteiger charge is 2.36. The van der Waals surface area contributed by atoms with Crippen LogP contribution < -0.4 is 9.04 Å². The fourth-order valence-corrected chi connectivity index (χ4v) is 9.81. The van der Waals surface area contributed by atoms with Gasteiger partial charge in [-0.3, -0.25) is 13.7 Å². The average Bonchev–Trinajstić information content (AvgIpc) is 3.89. The molecule has 0 radical (unpaired) electrons. The largest absolute Gasteiger partial charge is 0.492 e. The van der Waals surface area contributed by atoms with Gasteiger partial charge >= 0.3 is 18.2 Å². The Kier molecular flexibility index (Phi) is 15.2. The smallest absolute Gasteiger partial charge is 0.435 e. The van der Waals surface area contributed by atoms with Gasteiger partial charge in [-0.25, -0.2) is 13.8 Å². The van der Waals surface area contributed by atoms with E-state index in [1.807, 2.05) is 39.0 Å². The lowest BCUT2D eigenvalue weighted by molar-refractivity contribution is -0.152. The number of nitrogens with zero attached hydrogens (tertiary/aromatic N) is 4. The zero-order valence-corrected chi connectivity index (χ0v) is 38.2. The minimum Gasteiger partial charge on any atom is -0.492 e. The Balaban J connectivity index is 1.66. The lowest BCUT2D eigenvalue weighted by Gasteiger charge is -2.37. The number of rotatable bonds is 17. The number of amides is 1. The number of hydrogen-bond acceptors (Lipinski definition) is 10. The Hall–Kier alpha value is -3.99. The summed E-state index contributed by atoms with van der Waals surface area (Å²) in [5.74, 6) is 0.126. The lowest BCUT2D eigenvalue weighted by Crippen LogP contribution is -2.45. The summed E-state index contributed by atoms with van der Waals surface area (Å²) in [4.78, 5) is 41.5. The molecule has 58 heavy (non-hydrogen) atoms. The summed E-state index contributed by atoms with van der Waals surface area (Å²) in [5.41, 5.74) is 0.136. The van der Waals surface area contributed by atoms with Crippen molar-refractivity contribution >= 4 is 54.3 Å². The van der Waals surface area contributed by atoms with Crippen molar-refractivity contribution in [3.63, 3.8) is 0 Å². The maximum atomic E-state index is 13.9. The first kappa shape index (κ1) is 46.7. The standard InChI is InChI=1S/C42H64N4O10SSi/c1-13-58(14-2,15-3)56-35(30-17-16-18-31(25-30)45(57(50)51)28-36(47)53-40(4,5)6)27-44(38(48)54-41(7,8)9)23-24-52-32-21-22-33-34(26-32)46(39(49)55-42(10,11)12)43-37(33)29-19-20-29/h16-18,21-22,25-26,29,35H,13-15,19-20,23-24,27-28H2,1-12H3,(H,50,51). The second kappa shape index (κ2) is 18.9. The molecular weight excluding hydrogens is 781 g/mol. The number of carbonyl (C=O) groups is 3. The van der Waals surface area contributed by atoms with Crippen molar-refractivity contribution in [1.82, 2.24) is 14.7 Å². The van der Waals surface area contributed by atoms with Gasteiger partial charge in [0, 0.05) is 17.4 Å². The molecule has 1 aliphatic rings. The topological polar surface area (TPSA) is 159 Å². The van der Waals surface area contributed by atoms with Gasteiger partial charge in [0.05, 0.1) is 36.1 Å². The molecule has 0 aliphatic heterocycles. The van der Waals surface area contributed by atoms with E-state index in [4.69, 9.17) is 23.4 Å². The van der Waals surface area contributed by atoms with Crippen LogP contribution in [0.3, 0.4) is 0 Å². The monoisotopic (exact) mass is 844 g/mol. The molecular formula is C42H64N4O10SSi. The normalized spacial score (nSPS) is 14.8. The van der Waals surface area contributed by atoms with Crippen LogP contribution in [0.2, 0.25) is 18.1 Å². The van der Waals surface area contributed by atoms with E-state index < -0.39 is 67.2 Å². The van der Waals surface area contributed by atoms with Crippen LogP contribution in [0, 0.1) is 0 Å². The third kappa shape index (κ3) is 13.3. The van der Waals surface area contributed by atoms with Crippen molar-refractivity contribution in [2.24, 2.45) is 0 Å². The molecule has 16 heteroatoms. The third-order valence-electron chi connectivity index (χ3n) is 9.62. The Morgan fingerprint density at radius 2 is 1.52 bits per heavy atom. The first-order chi connectivity index (χ1) is 27.0. The van der Waals surface area contributed by atoms with Gasteiger partial charge in [-0.05, 0) is 123 Å². The summed E-state index contributed by atoms with van der Waals surface area (Å²) in [6.45, 7) is 22.2. The molecule has 1 saturated carbocycles. The second-order valence-electron chi connectivity index (χ2n) is 17.8. The van der Waals surface area contributed by atoms with E-state index in [9.17, 15) is 23.1 Å². The maximum absolute atomic E-state index is 13.9. The molecule has 3 aromatic rings. The predicted octanol–water partition coefficient (Wildman–Crippen LogP) is 9.36. The van der Waals surface area contributed by atoms with E-state index in [2.05, 4.69) is 25.9 Å². The zero-order chi connectivity index (χ0) is 43.2. The summed E-state index contributed by atoms with van der Waals surface area (Å²) in [7, 11) is -2.33. The molecule has 2 atom stereocenters. The molecule has 2 unspecified atom stereocenters. The van der Waals surface area contributed by atoms with Crippen molar-refractivity contribution in [3.8, 4) is 5.75 Å². The Morgan fingerprint density at radius 3 is 2.07 bits per heavy atom. The molecule has 1 aliphatic carbocycles. The van der Waals surface area contributed by atoms with Crippen LogP contribution in [0.1, 0.15) is 119 Å². The SMILES string of the molecule is CC[Si](CC)(CC)OC(CN(CCOc1ccc2c(C3CC3)nn(C(=O)OC(C)(C)C)c2c1)C(=O)OC(C)(C)C)c1cccc(N(CC(=O)OC(C)(C)C)S(=O)O)c1. The van der Waals surface area contributed by atoms with Gasteiger partial charge in [-0.1, -0.05) is 32.9 Å². The number of esters is 1. The van der Waals surface area contributed by atoms with Gasteiger partial charge in [0.1, 0.15) is 35.7 Å². The van der Waals surface area contributed by atoms with Gasteiger partial charge in [-0.2, -0.15) is 9.78 Å². The van der Waals surface area contributed by atoms with Gasteiger partial charge in [0.25, 0.3) is 11.3 Å². The fourth-order valence-electron chi connectivity index (χ4n) is 6.49. The van der Waals surface area contributed by atoms with Gasteiger partial charge in [0.2, 0.25) is 0 Å². The quantitative estimate of drug-likeness (QED) is 0.0597. The van der Waals surface area contributed by atoms with Crippen LogP contribution in [0.4, 0.5) is 15.3 Å². The van der Waals surface area contributed by atoms with E-state index in [0.29, 0.717) is 28.4 Å². The Bertz CT molecular complexity index is 1920. The molecule has 14 nitrogen and oxygen atoms in total. The van der Waals surface area contributed by atoms with Crippen LogP contribution in [0.25, 0.3) is 10.9 Å². The molecule has 1 heterocycles. The molecule has 4 rings (SSSR count). The molecule has 0 spiro atoms. The van der Waals surface area contributed by atoms with E-state index in [1.54, 1.807) is 70.7 Å². The van der Waals surface area contributed by atoms with E-state index in [1.165, 1.54) is 4.68 Å². The number of hydrogen-bond donors (Lipinski definition) is 1. The lowest BCUT2D eigenvalue weighted by atomic mass is 10.1. The van der Waals surface area contributed by atoms with Crippen LogP contribution in [-0.2, 0) is 34.7 Å². The number of carbonyl (C=O) groups excluding carboxylic acids is 3. The molecule has 0 bridgehead atoms. The summed E-state index contributed by atoms with van der Waals surface area (Å²) in [6.07, 6.45) is 0.232. The van der Waals surface area contributed by atoms with Crippen molar-refractivity contribution < 1.29 is 46.5 Å². The summed E-state index contributed by atoms with van der Waals surface area (Å²) >= 11 is -2.55. The Labute approximate surface area is 347 Å². The van der Waals surface area contributed by atoms with E-state index in [-0.39, 0.29) is 19.7 Å². The number of ether oxygens (including phenoxy) is 4.